The zero-order valence-corrected chi connectivity index (χ0v) is 13.3. The minimum Gasteiger partial charge on any atom is -0.373 e. The maximum Gasteiger partial charge on any atom is 0.271 e. The van der Waals surface area contributed by atoms with Crippen LogP contribution >= 0.6 is 35.6 Å². The van der Waals surface area contributed by atoms with E-state index in [2.05, 4.69) is 5.32 Å². The fraction of sp³-hybridized carbons (Fsp3) is 0.583. The first kappa shape index (κ1) is 15.9. The van der Waals surface area contributed by atoms with Gasteiger partial charge in [0.1, 0.15) is 10.8 Å². The number of nitrogens with zero attached hydrogens (tertiary/aromatic N) is 2. The standard InChI is InChI=1S/C12H15Cl2N3O2.ClH/c1-16-8(4-7(13)11(16)14)12(18)17-2-3-19-10-6-15-5-9(10)17;/h4,9-10,15H,2-3,5-6H2,1H3;1H/t9-,10+;/m1./s1. The summed E-state index contributed by atoms with van der Waals surface area (Å²) in [4.78, 5) is 14.5. The van der Waals surface area contributed by atoms with Crippen molar-refractivity contribution in [3.05, 3.63) is 21.9 Å². The Kier molecular flexibility index (Phi) is 4.87. The number of aromatic nitrogens is 1. The molecule has 2 saturated heterocycles. The molecule has 1 amide bonds. The third-order valence-corrected chi connectivity index (χ3v) is 4.63. The molecule has 3 rings (SSSR count). The Labute approximate surface area is 133 Å². The Morgan fingerprint density at radius 2 is 2.20 bits per heavy atom. The predicted octanol–water partition coefficient (Wildman–Crippen LogP) is 1.57. The summed E-state index contributed by atoms with van der Waals surface area (Å²) in [5, 5.41) is 4.05. The smallest absolute Gasteiger partial charge is 0.271 e. The maximum atomic E-state index is 12.6. The lowest BCUT2D eigenvalue weighted by atomic mass is 10.1. The Morgan fingerprint density at radius 1 is 1.45 bits per heavy atom. The number of hydrogen-bond acceptors (Lipinski definition) is 3. The van der Waals surface area contributed by atoms with Gasteiger partial charge >= 0.3 is 0 Å². The van der Waals surface area contributed by atoms with E-state index in [1.165, 1.54) is 0 Å². The molecule has 2 aliphatic rings. The van der Waals surface area contributed by atoms with Crippen LogP contribution in [0.25, 0.3) is 0 Å². The van der Waals surface area contributed by atoms with E-state index in [1.807, 2.05) is 4.90 Å². The molecule has 2 fully saturated rings. The van der Waals surface area contributed by atoms with Crippen molar-refractivity contribution in [2.75, 3.05) is 26.2 Å². The second kappa shape index (κ2) is 6.12. The van der Waals surface area contributed by atoms with Crippen molar-refractivity contribution in [2.45, 2.75) is 12.1 Å². The molecule has 0 unspecified atom stereocenters. The van der Waals surface area contributed by atoms with E-state index in [0.717, 1.165) is 13.1 Å². The number of rotatable bonds is 1. The fourth-order valence-electron chi connectivity index (χ4n) is 2.74. The van der Waals surface area contributed by atoms with Gasteiger partial charge in [-0.2, -0.15) is 0 Å². The van der Waals surface area contributed by atoms with Crippen LogP contribution in [0.1, 0.15) is 10.5 Å². The van der Waals surface area contributed by atoms with Crippen LogP contribution in [0.15, 0.2) is 6.07 Å². The third-order valence-electron chi connectivity index (χ3n) is 3.79. The summed E-state index contributed by atoms with van der Waals surface area (Å²) in [5.41, 5.74) is 0.516. The van der Waals surface area contributed by atoms with E-state index in [4.69, 9.17) is 27.9 Å². The summed E-state index contributed by atoms with van der Waals surface area (Å²) in [7, 11) is 1.74. The molecule has 0 bridgehead atoms. The number of ether oxygens (including phenoxy) is 1. The highest BCUT2D eigenvalue weighted by Crippen LogP contribution is 2.27. The molecule has 5 nitrogen and oxygen atoms in total. The average molecular weight is 341 g/mol. The van der Waals surface area contributed by atoms with Gasteiger partial charge in [0.25, 0.3) is 5.91 Å². The number of nitrogens with one attached hydrogen (secondary N) is 1. The summed E-state index contributed by atoms with van der Waals surface area (Å²) in [6.45, 7) is 2.73. The van der Waals surface area contributed by atoms with Crippen molar-refractivity contribution in [2.24, 2.45) is 7.05 Å². The zero-order valence-electron chi connectivity index (χ0n) is 10.9. The lowest BCUT2D eigenvalue weighted by Crippen LogP contribution is -2.53. The lowest BCUT2D eigenvalue weighted by Gasteiger charge is -2.37. The average Bonchev–Trinajstić information content (AvgIpc) is 2.98. The molecule has 0 aliphatic carbocycles. The minimum atomic E-state index is -0.0432. The number of halogens is 3. The number of morpholine rings is 1. The highest BCUT2D eigenvalue weighted by Gasteiger charge is 2.39. The molecule has 1 aromatic rings. The topological polar surface area (TPSA) is 46.5 Å². The normalized spacial score (nSPS) is 25.2. The highest BCUT2D eigenvalue weighted by molar-refractivity contribution is 6.41. The Bertz CT molecular complexity index is 520. The SMILES string of the molecule is Cl.Cn1c(C(=O)N2CCO[C@H]3CNC[C@H]32)cc(Cl)c1Cl. The molecule has 112 valence electrons. The molecule has 8 heteroatoms. The summed E-state index contributed by atoms with van der Waals surface area (Å²) < 4.78 is 7.29. The van der Waals surface area contributed by atoms with Crippen molar-refractivity contribution >= 4 is 41.5 Å². The quantitative estimate of drug-likeness (QED) is 0.844. The van der Waals surface area contributed by atoms with Crippen LogP contribution in [0.3, 0.4) is 0 Å². The summed E-state index contributed by atoms with van der Waals surface area (Å²) >= 11 is 12.0. The Balaban J connectivity index is 0.00000147. The fourth-order valence-corrected chi connectivity index (χ4v) is 3.11. The minimum absolute atomic E-state index is 0. The van der Waals surface area contributed by atoms with Crippen LogP contribution in [-0.4, -0.2) is 53.8 Å². The van der Waals surface area contributed by atoms with Crippen LogP contribution in [0.2, 0.25) is 10.2 Å². The summed E-state index contributed by atoms with van der Waals surface area (Å²) in [5.74, 6) is -0.0432. The van der Waals surface area contributed by atoms with Crippen LogP contribution in [0.5, 0.6) is 0 Å². The van der Waals surface area contributed by atoms with E-state index in [1.54, 1.807) is 17.7 Å². The Hall–Kier alpha value is -0.460. The molecule has 2 aliphatic heterocycles. The second-order valence-corrected chi connectivity index (χ2v) is 5.63. The van der Waals surface area contributed by atoms with Crippen molar-refractivity contribution in [3.63, 3.8) is 0 Å². The molecular weight excluding hydrogens is 325 g/mol. The van der Waals surface area contributed by atoms with Gasteiger partial charge in [0, 0.05) is 26.7 Å². The summed E-state index contributed by atoms with van der Waals surface area (Å²) in [6.07, 6.45) is 0.0870. The molecular formula is C12H16Cl3N3O2. The molecule has 0 aromatic carbocycles. The molecule has 20 heavy (non-hydrogen) atoms. The Morgan fingerprint density at radius 3 is 2.85 bits per heavy atom. The van der Waals surface area contributed by atoms with Gasteiger partial charge in [-0.3, -0.25) is 4.79 Å². The van der Waals surface area contributed by atoms with Gasteiger partial charge in [-0.25, -0.2) is 0 Å². The number of carbonyl (C=O) groups excluding carboxylic acids is 1. The van der Waals surface area contributed by atoms with Gasteiger partial charge in [0.2, 0.25) is 0 Å². The molecule has 1 aromatic heterocycles. The number of fused-ring (bicyclic) bond motifs is 1. The molecule has 3 heterocycles. The summed E-state index contributed by atoms with van der Waals surface area (Å²) in [6, 6.07) is 1.72. The van der Waals surface area contributed by atoms with E-state index in [-0.39, 0.29) is 30.5 Å². The number of carbonyl (C=O) groups is 1. The van der Waals surface area contributed by atoms with Gasteiger partial charge < -0.3 is 19.5 Å². The van der Waals surface area contributed by atoms with Crippen LogP contribution < -0.4 is 5.32 Å². The van der Waals surface area contributed by atoms with E-state index < -0.39 is 0 Å². The molecule has 0 radical (unpaired) electrons. The second-order valence-electron chi connectivity index (χ2n) is 4.86. The van der Waals surface area contributed by atoms with Gasteiger partial charge in [-0.15, -0.1) is 12.4 Å². The number of hydrogen-bond donors (Lipinski definition) is 1. The van der Waals surface area contributed by atoms with Crippen LogP contribution in [-0.2, 0) is 11.8 Å². The van der Waals surface area contributed by atoms with Gasteiger partial charge in [-0.05, 0) is 6.07 Å². The van der Waals surface area contributed by atoms with Crippen LogP contribution in [0.4, 0.5) is 0 Å². The predicted molar refractivity (Wildman–Crippen MR) is 80.1 cm³/mol. The van der Waals surface area contributed by atoms with Crippen LogP contribution in [0, 0.1) is 0 Å². The van der Waals surface area contributed by atoms with Gasteiger partial charge in [0.15, 0.2) is 0 Å². The monoisotopic (exact) mass is 339 g/mol. The molecule has 0 saturated carbocycles. The maximum absolute atomic E-state index is 12.6. The molecule has 1 N–H and O–H groups in total. The first-order valence-corrected chi connectivity index (χ1v) is 6.99. The van der Waals surface area contributed by atoms with E-state index >= 15 is 0 Å². The zero-order chi connectivity index (χ0) is 13.6. The van der Waals surface area contributed by atoms with Crippen molar-refractivity contribution in [1.29, 1.82) is 0 Å². The first-order chi connectivity index (χ1) is 9.09. The number of amides is 1. The largest absolute Gasteiger partial charge is 0.373 e. The first-order valence-electron chi connectivity index (χ1n) is 6.23. The van der Waals surface area contributed by atoms with E-state index in [0.29, 0.717) is 29.0 Å². The van der Waals surface area contributed by atoms with Crippen molar-refractivity contribution < 1.29 is 9.53 Å². The molecule has 2 atom stereocenters. The third kappa shape index (κ3) is 2.53. The highest BCUT2D eigenvalue weighted by atomic mass is 35.5. The van der Waals surface area contributed by atoms with Crippen molar-refractivity contribution in [1.82, 2.24) is 14.8 Å². The van der Waals surface area contributed by atoms with E-state index in [9.17, 15) is 4.79 Å². The van der Waals surface area contributed by atoms with Gasteiger partial charge in [-0.1, -0.05) is 23.2 Å². The molecule has 0 spiro atoms. The lowest BCUT2D eigenvalue weighted by molar-refractivity contribution is -0.0367. The van der Waals surface area contributed by atoms with Gasteiger partial charge in [0.05, 0.1) is 23.8 Å². The van der Waals surface area contributed by atoms with Crippen molar-refractivity contribution in [3.8, 4) is 0 Å².